The summed E-state index contributed by atoms with van der Waals surface area (Å²) >= 11 is 0. The molecule has 0 saturated carbocycles. The third-order valence-corrected chi connectivity index (χ3v) is 3.41. The van der Waals surface area contributed by atoms with Gasteiger partial charge in [0.2, 0.25) is 0 Å². The van der Waals surface area contributed by atoms with Gasteiger partial charge in [-0.05, 0) is 23.9 Å². The van der Waals surface area contributed by atoms with Gasteiger partial charge >= 0.3 is 11.9 Å². The van der Waals surface area contributed by atoms with Crippen molar-refractivity contribution in [3.8, 4) is 5.75 Å². The Morgan fingerprint density at radius 3 is 2.39 bits per heavy atom. The molecule has 0 unspecified atom stereocenters. The van der Waals surface area contributed by atoms with Crippen molar-refractivity contribution in [2.75, 3.05) is 13.7 Å². The van der Waals surface area contributed by atoms with Crippen LogP contribution in [0, 0.1) is 0 Å². The standard InChI is InChI=1S/C16H17F2NO3.ClH/c1-3-22-15(20)16(17,18)14(19)12-8-9-13(21-2)11-7-5-4-6-10(11)12;/h4-9,14H,3,19H2,1-2H3;1H/t14-;/m0./s1. The maximum absolute atomic E-state index is 14.2. The van der Waals surface area contributed by atoms with E-state index in [0.29, 0.717) is 16.5 Å². The van der Waals surface area contributed by atoms with Crippen molar-refractivity contribution in [1.82, 2.24) is 0 Å². The maximum Gasteiger partial charge on any atom is 0.379 e. The van der Waals surface area contributed by atoms with Gasteiger partial charge < -0.3 is 15.2 Å². The highest BCUT2D eigenvalue weighted by atomic mass is 35.5. The van der Waals surface area contributed by atoms with Crippen molar-refractivity contribution < 1.29 is 23.0 Å². The van der Waals surface area contributed by atoms with Crippen molar-refractivity contribution in [2.45, 2.75) is 18.9 Å². The van der Waals surface area contributed by atoms with E-state index >= 15 is 0 Å². The van der Waals surface area contributed by atoms with Gasteiger partial charge in [-0.3, -0.25) is 0 Å². The third-order valence-electron chi connectivity index (χ3n) is 3.41. The molecule has 0 amide bonds. The Labute approximate surface area is 139 Å². The molecule has 2 aromatic carbocycles. The molecule has 0 saturated heterocycles. The van der Waals surface area contributed by atoms with Crippen LogP contribution in [0.5, 0.6) is 5.75 Å². The molecule has 7 heteroatoms. The zero-order chi connectivity index (χ0) is 16.3. The Balaban J connectivity index is 0.00000264. The number of nitrogens with two attached hydrogens (primary N) is 1. The second kappa shape index (κ2) is 7.57. The number of benzene rings is 2. The van der Waals surface area contributed by atoms with Crippen molar-refractivity contribution in [3.63, 3.8) is 0 Å². The van der Waals surface area contributed by atoms with Crippen molar-refractivity contribution >= 4 is 29.1 Å². The smallest absolute Gasteiger partial charge is 0.379 e. The molecule has 2 aromatic rings. The fraction of sp³-hybridized carbons (Fsp3) is 0.312. The van der Waals surface area contributed by atoms with Gasteiger partial charge in [0.25, 0.3) is 0 Å². The predicted octanol–water partition coefficient (Wildman–Crippen LogP) is 3.47. The number of hydrogen-bond donors (Lipinski definition) is 1. The first-order valence-electron chi connectivity index (χ1n) is 6.79. The number of rotatable bonds is 5. The highest BCUT2D eigenvalue weighted by molar-refractivity contribution is 5.92. The molecular formula is C16H18ClF2NO3. The van der Waals surface area contributed by atoms with Crippen LogP contribution in [-0.2, 0) is 9.53 Å². The quantitative estimate of drug-likeness (QED) is 0.843. The number of fused-ring (bicyclic) bond motifs is 1. The maximum atomic E-state index is 14.2. The van der Waals surface area contributed by atoms with Crippen LogP contribution in [0.3, 0.4) is 0 Å². The summed E-state index contributed by atoms with van der Waals surface area (Å²) in [5, 5.41) is 1.16. The lowest BCUT2D eigenvalue weighted by Crippen LogP contribution is -2.41. The number of ether oxygens (including phenoxy) is 2. The summed E-state index contributed by atoms with van der Waals surface area (Å²) in [5.41, 5.74) is 5.83. The monoisotopic (exact) mass is 345 g/mol. The van der Waals surface area contributed by atoms with E-state index in [9.17, 15) is 13.6 Å². The van der Waals surface area contributed by atoms with Crippen LogP contribution in [0.15, 0.2) is 36.4 Å². The van der Waals surface area contributed by atoms with Gasteiger partial charge in [0.15, 0.2) is 0 Å². The Hall–Kier alpha value is -1.92. The number of halogens is 3. The van der Waals surface area contributed by atoms with Gasteiger partial charge in [0.1, 0.15) is 11.8 Å². The molecule has 0 fully saturated rings. The Bertz CT molecular complexity index is 694. The zero-order valence-corrected chi connectivity index (χ0v) is 13.5. The molecule has 2 rings (SSSR count). The van der Waals surface area contributed by atoms with E-state index < -0.39 is 17.9 Å². The van der Waals surface area contributed by atoms with E-state index in [1.807, 2.05) is 0 Å². The van der Waals surface area contributed by atoms with E-state index in [4.69, 9.17) is 10.5 Å². The normalized spacial score (nSPS) is 12.4. The summed E-state index contributed by atoms with van der Waals surface area (Å²) in [6.07, 6.45) is 0. The van der Waals surface area contributed by atoms with Gasteiger partial charge in [-0.1, -0.05) is 30.3 Å². The van der Waals surface area contributed by atoms with Crippen LogP contribution in [0.4, 0.5) is 8.78 Å². The molecule has 0 spiro atoms. The molecule has 2 N–H and O–H groups in total. The first kappa shape index (κ1) is 19.1. The Morgan fingerprint density at radius 2 is 1.83 bits per heavy atom. The summed E-state index contributed by atoms with van der Waals surface area (Å²) in [7, 11) is 1.49. The molecule has 0 bridgehead atoms. The molecule has 0 aliphatic rings. The topological polar surface area (TPSA) is 61.5 Å². The minimum atomic E-state index is -3.81. The van der Waals surface area contributed by atoms with Gasteiger partial charge in [-0.25, -0.2) is 4.79 Å². The van der Waals surface area contributed by atoms with Crippen molar-refractivity contribution in [3.05, 3.63) is 42.0 Å². The largest absolute Gasteiger partial charge is 0.496 e. The highest BCUT2D eigenvalue weighted by Crippen LogP contribution is 2.37. The highest BCUT2D eigenvalue weighted by Gasteiger charge is 2.48. The number of carbonyl (C=O) groups is 1. The molecule has 0 heterocycles. The van der Waals surface area contributed by atoms with Crippen LogP contribution in [-0.4, -0.2) is 25.6 Å². The minimum absolute atomic E-state index is 0. The van der Waals surface area contributed by atoms with E-state index in [0.717, 1.165) is 0 Å². The summed E-state index contributed by atoms with van der Waals surface area (Å²) in [6.45, 7) is 1.33. The fourth-order valence-corrected chi connectivity index (χ4v) is 2.29. The summed E-state index contributed by atoms with van der Waals surface area (Å²) in [5.74, 6) is -4.89. The third kappa shape index (κ3) is 3.54. The summed E-state index contributed by atoms with van der Waals surface area (Å²) in [6, 6.07) is 8.07. The van der Waals surface area contributed by atoms with Crippen LogP contribution < -0.4 is 10.5 Å². The Kier molecular flexibility index (Phi) is 6.29. The second-order valence-corrected chi connectivity index (χ2v) is 4.72. The molecule has 23 heavy (non-hydrogen) atoms. The number of esters is 1. The molecular weight excluding hydrogens is 328 g/mol. The molecule has 1 atom stereocenters. The molecule has 0 radical (unpaired) electrons. The van der Waals surface area contributed by atoms with Crippen LogP contribution in [0.1, 0.15) is 18.5 Å². The number of alkyl halides is 2. The molecule has 0 aliphatic heterocycles. The van der Waals surface area contributed by atoms with E-state index in [1.165, 1.54) is 20.1 Å². The van der Waals surface area contributed by atoms with Gasteiger partial charge in [0.05, 0.1) is 13.7 Å². The van der Waals surface area contributed by atoms with E-state index in [2.05, 4.69) is 4.74 Å². The fourth-order valence-electron chi connectivity index (χ4n) is 2.29. The lowest BCUT2D eigenvalue weighted by molar-refractivity contribution is -0.174. The van der Waals surface area contributed by atoms with Crippen molar-refractivity contribution in [2.24, 2.45) is 5.73 Å². The lowest BCUT2D eigenvalue weighted by atomic mass is 9.95. The number of methoxy groups -OCH3 is 1. The number of hydrogen-bond acceptors (Lipinski definition) is 4. The minimum Gasteiger partial charge on any atom is -0.496 e. The SMILES string of the molecule is CCOC(=O)C(F)(F)[C@@H](N)c1ccc(OC)c2ccccc12.Cl. The summed E-state index contributed by atoms with van der Waals surface area (Å²) in [4.78, 5) is 11.5. The molecule has 126 valence electrons. The van der Waals surface area contributed by atoms with Gasteiger partial charge in [-0.2, -0.15) is 8.78 Å². The van der Waals surface area contributed by atoms with Crippen LogP contribution in [0.25, 0.3) is 10.8 Å². The predicted molar refractivity (Wildman–Crippen MR) is 86.3 cm³/mol. The average Bonchev–Trinajstić information content (AvgIpc) is 2.53. The Morgan fingerprint density at radius 1 is 1.22 bits per heavy atom. The van der Waals surface area contributed by atoms with Crippen molar-refractivity contribution in [1.29, 1.82) is 0 Å². The first-order valence-corrected chi connectivity index (χ1v) is 6.79. The van der Waals surface area contributed by atoms with Crippen LogP contribution >= 0.6 is 12.4 Å². The van der Waals surface area contributed by atoms with Gasteiger partial charge in [-0.15, -0.1) is 12.4 Å². The van der Waals surface area contributed by atoms with E-state index in [1.54, 1.807) is 30.3 Å². The van der Waals surface area contributed by atoms with Crippen LogP contribution in [0.2, 0.25) is 0 Å². The molecule has 4 nitrogen and oxygen atoms in total. The van der Waals surface area contributed by atoms with E-state index in [-0.39, 0.29) is 24.6 Å². The molecule has 0 aromatic heterocycles. The first-order chi connectivity index (χ1) is 10.4. The molecule has 0 aliphatic carbocycles. The average molecular weight is 346 g/mol. The number of carbonyl (C=O) groups excluding carboxylic acids is 1. The lowest BCUT2D eigenvalue weighted by Gasteiger charge is -2.23. The second-order valence-electron chi connectivity index (χ2n) is 4.72. The van der Waals surface area contributed by atoms with Gasteiger partial charge in [0, 0.05) is 5.39 Å². The summed E-state index contributed by atoms with van der Waals surface area (Å²) < 4.78 is 38.0. The zero-order valence-electron chi connectivity index (χ0n) is 12.7.